The number of carbonyl (C=O) groups is 1. The summed E-state index contributed by atoms with van der Waals surface area (Å²) in [7, 11) is 0. The van der Waals surface area contributed by atoms with Gasteiger partial charge in [-0.15, -0.1) is 11.8 Å². The number of carbonyl (C=O) groups excluding carboxylic acids is 1. The number of hydrogen-bond donors (Lipinski definition) is 1. The number of aryl methyl sites for hydroxylation is 1. The molecule has 1 aliphatic heterocycles. The fourth-order valence-electron chi connectivity index (χ4n) is 3.43. The third-order valence-electron chi connectivity index (χ3n) is 5.25. The molecule has 152 valence electrons. The molecule has 1 aliphatic rings. The molecule has 1 saturated heterocycles. The molecule has 0 spiro atoms. The van der Waals surface area contributed by atoms with Crippen molar-refractivity contribution in [3.63, 3.8) is 0 Å². The van der Waals surface area contributed by atoms with Gasteiger partial charge in [0.2, 0.25) is 5.91 Å². The van der Waals surface area contributed by atoms with Gasteiger partial charge in [0.15, 0.2) is 0 Å². The zero-order valence-corrected chi connectivity index (χ0v) is 18.0. The van der Waals surface area contributed by atoms with E-state index in [1.807, 2.05) is 37.3 Å². The fraction of sp³-hybridized carbons (Fsp3) is 0.391. The normalized spacial score (nSPS) is 14.4. The van der Waals surface area contributed by atoms with Gasteiger partial charge in [0.25, 0.3) is 0 Å². The summed E-state index contributed by atoms with van der Waals surface area (Å²) >= 11 is 1.57. The Morgan fingerprint density at radius 2 is 1.86 bits per heavy atom. The van der Waals surface area contributed by atoms with Crippen LogP contribution in [0.5, 0.6) is 0 Å². The monoisotopic (exact) mass is 408 g/mol. The number of nitriles is 1. The van der Waals surface area contributed by atoms with Crippen LogP contribution in [-0.2, 0) is 10.5 Å². The molecule has 0 unspecified atom stereocenters. The minimum absolute atomic E-state index is 0.0102. The Kier molecular flexibility index (Phi) is 7.56. The quantitative estimate of drug-likeness (QED) is 0.753. The van der Waals surface area contributed by atoms with Crippen LogP contribution in [0.2, 0.25) is 0 Å². The zero-order valence-electron chi connectivity index (χ0n) is 17.1. The number of amides is 1. The summed E-state index contributed by atoms with van der Waals surface area (Å²) in [6.45, 7) is 9.66. The Hall–Kier alpha value is -2.49. The Labute approximate surface area is 177 Å². The van der Waals surface area contributed by atoms with Crippen molar-refractivity contribution in [1.82, 2.24) is 4.90 Å². The van der Waals surface area contributed by atoms with E-state index in [1.165, 1.54) is 5.69 Å². The van der Waals surface area contributed by atoms with Crippen LogP contribution in [0.4, 0.5) is 11.4 Å². The van der Waals surface area contributed by atoms with E-state index in [1.54, 1.807) is 11.8 Å². The van der Waals surface area contributed by atoms with Crippen molar-refractivity contribution in [3.8, 4) is 6.07 Å². The van der Waals surface area contributed by atoms with Gasteiger partial charge < -0.3 is 15.1 Å². The lowest BCUT2D eigenvalue weighted by Gasteiger charge is -2.35. The van der Waals surface area contributed by atoms with E-state index in [4.69, 9.17) is 5.26 Å². The molecule has 1 N–H and O–H groups in total. The van der Waals surface area contributed by atoms with Crippen LogP contribution in [-0.4, -0.2) is 49.3 Å². The van der Waals surface area contributed by atoms with Crippen molar-refractivity contribution in [3.05, 3.63) is 59.2 Å². The molecule has 1 amide bonds. The van der Waals surface area contributed by atoms with E-state index in [9.17, 15) is 4.79 Å². The summed E-state index contributed by atoms with van der Waals surface area (Å²) in [6, 6.07) is 15.9. The number of hydrogen-bond acceptors (Lipinski definition) is 5. The van der Waals surface area contributed by atoms with Crippen molar-refractivity contribution in [1.29, 1.82) is 5.26 Å². The molecule has 2 aromatic rings. The van der Waals surface area contributed by atoms with Gasteiger partial charge in [-0.25, -0.2) is 0 Å². The SMILES string of the molecule is CCN1CCN(c2ccc(NC(=O)CSCc3ccc(C#N)cc3)c(C)c2)CC1. The number of anilines is 2. The molecule has 0 bridgehead atoms. The lowest BCUT2D eigenvalue weighted by Crippen LogP contribution is -2.46. The topological polar surface area (TPSA) is 59.4 Å². The predicted octanol–water partition coefficient (Wildman–Crippen LogP) is 3.88. The molecule has 0 atom stereocenters. The average Bonchev–Trinajstić information content (AvgIpc) is 2.75. The maximum atomic E-state index is 12.3. The molecule has 3 rings (SSSR count). The van der Waals surface area contributed by atoms with Crippen LogP contribution in [0.25, 0.3) is 0 Å². The standard InChI is InChI=1S/C23H28N4OS/c1-3-26-10-12-27(13-11-26)21-8-9-22(18(2)14-21)25-23(28)17-29-16-20-6-4-19(15-24)5-7-20/h4-9,14H,3,10-13,16-17H2,1-2H3,(H,25,28). The number of likely N-dealkylation sites (N-methyl/N-ethyl adjacent to an activating group) is 1. The number of piperazine rings is 1. The number of thioether (sulfide) groups is 1. The van der Waals surface area contributed by atoms with Crippen LogP contribution in [0.1, 0.15) is 23.6 Å². The van der Waals surface area contributed by atoms with Gasteiger partial charge in [0.05, 0.1) is 17.4 Å². The third-order valence-corrected chi connectivity index (χ3v) is 6.26. The lowest BCUT2D eigenvalue weighted by molar-refractivity contribution is -0.113. The first kappa shape index (κ1) is 21.2. The summed E-state index contributed by atoms with van der Waals surface area (Å²) in [5.41, 5.74) is 4.97. The van der Waals surface area contributed by atoms with Crippen molar-refractivity contribution in [2.24, 2.45) is 0 Å². The van der Waals surface area contributed by atoms with E-state index < -0.39 is 0 Å². The highest BCUT2D eigenvalue weighted by Gasteiger charge is 2.16. The molecule has 2 aromatic carbocycles. The molecule has 1 heterocycles. The highest BCUT2D eigenvalue weighted by molar-refractivity contribution is 7.99. The molecule has 0 aliphatic carbocycles. The minimum atomic E-state index is 0.0102. The van der Waals surface area contributed by atoms with E-state index >= 15 is 0 Å². The van der Waals surface area contributed by atoms with E-state index in [0.29, 0.717) is 11.3 Å². The van der Waals surface area contributed by atoms with Gasteiger partial charge in [-0.05, 0) is 54.9 Å². The lowest BCUT2D eigenvalue weighted by atomic mass is 10.1. The molecule has 6 heteroatoms. The van der Waals surface area contributed by atoms with Crippen LogP contribution in [0.15, 0.2) is 42.5 Å². The van der Waals surface area contributed by atoms with Crippen molar-refractivity contribution in [2.45, 2.75) is 19.6 Å². The van der Waals surface area contributed by atoms with Crippen molar-refractivity contribution in [2.75, 3.05) is 48.7 Å². The summed E-state index contributed by atoms with van der Waals surface area (Å²) in [5, 5.41) is 11.9. The summed E-state index contributed by atoms with van der Waals surface area (Å²) < 4.78 is 0. The number of nitrogens with one attached hydrogen (secondary N) is 1. The Morgan fingerprint density at radius 3 is 2.48 bits per heavy atom. The van der Waals surface area contributed by atoms with Crippen LogP contribution >= 0.6 is 11.8 Å². The third kappa shape index (κ3) is 5.99. The molecular weight excluding hydrogens is 380 g/mol. The van der Waals surface area contributed by atoms with E-state index in [0.717, 1.165) is 55.3 Å². The summed E-state index contributed by atoms with van der Waals surface area (Å²) in [5.74, 6) is 1.16. The molecular formula is C23H28N4OS. The fourth-order valence-corrected chi connectivity index (χ4v) is 4.22. The number of rotatable bonds is 7. The first-order chi connectivity index (χ1) is 14.1. The average molecular weight is 409 g/mol. The number of nitrogens with zero attached hydrogens (tertiary/aromatic N) is 3. The van der Waals surface area contributed by atoms with Crippen molar-refractivity contribution >= 4 is 29.0 Å². The number of benzene rings is 2. The molecule has 5 nitrogen and oxygen atoms in total. The van der Waals surface area contributed by atoms with Gasteiger partial charge >= 0.3 is 0 Å². The highest BCUT2D eigenvalue weighted by Crippen LogP contribution is 2.24. The molecule has 0 radical (unpaired) electrons. The van der Waals surface area contributed by atoms with E-state index in [2.05, 4.69) is 40.2 Å². The van der Waals surface area contributed by atoms with Crippen LogP contribution < -0.4 is 10.2 Å². The van der Waals surface area contributed by atoms with Crippen LogP contribution in [0, 0.1) is 18.3 Å². The smallest absolute Gasteiger partial charge is 0.234 e. The van der Waals surface area contributed by atoms with Gasteiger partial charge in [-0.3, -0.25) is 4.79 Å². The van der Waals surface area contributed by atoms with Gasteiger partial charge in [0, 0.05) is 43.3 Å². The van der Waals surface area contributed by atoms with Gasteiger partial charge in [-0.2, -0.15) is 5.26 Å². The maximum absolute atomic E-state index is 12.3. The van der Waals surface area contributed by atoms with Crippen molar-refractivity contribution < 1.29 is 4.79 Å². The molecule has 0 saturated carbocycles. The first-order valence-corrected chi connectivity index (χ1v) is 11.2. The summed E-state index contributed by atoms with van der Waals surface area (Å²) in [4.78, 5) is 17.2. The molecule has 1 fully saturated rings. The second-order valence-electron chi connectivity index (χ2n) is 7.27. The first-order valence-electron chi connectivity index (χ1n) is 10.0. The second kappa shape index (κ2) is 10.3. The highest BCUT2D eigenvalue weighted by atomic mass is 32.2. The van der Waals surface area contributed by atoms with Gasteiger partial charge in [0.1, 0.15) is 0 Å². The molecule has 29 heavy (non-hydrogen) atoms. The largest absolute Gasteiger partial charge is 0.369 e. The second-order valence-corrected chi connectivity index (χ2v) is 8.26. The summed E-state index contributed by atoms with van der Waals surface area (Å²) in [6.07, 6.45) is 0. The Morgan fingerprint density at radius 1 is 1.14 bits per heavy atom. The zero-order chi connectivity index (χ0) is 20.6. The van der Waals surface area contributed by atoms with Gasteiger partial charge in [-0.1, -0.05) is 19.1 Å². The van der Waals surface area contributed by atoms with Crippen LogP contribution in [0.3, 0.4) is 0 Å². The Bertz CT molecular complexity index is 867. The predicted molar refractivity (Wildman–Crippen MR) is 121 cm³/mol. The molecule has 0 aromatic heterocycles. The Balaban J connectivity index is 1.48. The van der Waals surface area contributed by atoms with E-state index in [-0.39, 0.29) is 5.91 Å². The maximum Gasteiger partial charge on any atom is 0.234 e. The minimum Gasteiger partial charge on any atom is -0.369 e.